The fraction of sp³-hybridized carbons (Fsp3) is 0.500. The Morgan fingerprint density at radius 1 is 1.48 bits per heavy atom. The number of thioether (sulfide) groups is 1. The number of alkyl halides is 3. The van der Waals surface area contributed by atoms with Crippen LogP contribution in [0.1, 0.15) is 12.0 Å². The summed E-state index contributed by atoms with van der Waals surface area (Å²) >= 11 is -0.229. The second kappa shape index (κ2) is 8.77. The average molecular weight is 371 g/mol. The molecule has 2 rings (SSSR count). The molecule has 1 aliphatic rings. The van der Waals surface area contributed by atoms with Gasteiger partial charge in [-0.05, 0) is 36.4 Å². The van der Waals surface area contributed by atoms with Gasteiger partial charge in [-0.2, -0.15) is 13.2 Å². The van der Waals surface area contributed by atoms with E-state index in [9.17, 15) is 18.0 Å². The van der Waals surface area contributed by atoms with Crippen molar-refractivity contribution in [3.05, 3.63) is 23.8 Å². The first-order valence-electron chi connectivity index (χ1n) is 6.82. The molecule has 4 nitrogen and oxygen atoms in total. The van der Waals surface area contributed by atoms with E-state index in [0.29, 0.717) is 18.7 Å². The molecule has 23 heavy (non-hydrogen) atoms. The molecule has 2 N–H and O–H groups in total. The number of carbonyl (C=O) groups is 1. The van der Waals surface area contributed by atoms with Gasteiger partial charge in [0.2, 0.25) is 5.91 Å². The van der Waals surface area contributed by atoms with E-state index in [4.69, 9.17) is 4.74 Å². The van der Waals surface area contributed by atoms with Crippen LogP contribution < -0.4 is 10.6 Å². The molecule has 1 unspecified atom stereocenters. The van der Waals surface area contributed by atoms with Crippen LogP contribution in [0.25, 0.3) is 0 Å². The van der Waals surface area contributed by atoms with Crippen molar-refractivity contribution in [1.29, 1.82) is 0 Å². The number of morpholine rings is 1. The Labute approximate surface area is 142 Å². The number of hydrogen-bond acceptors (Lipinski definition) is 4. The maximum absolute atomic E-state index is 12.6. The Morgan fingerprint density at radius 2 is 2.22 bits per heavy atom. The molecule has 1 heterocycles. The number of benzene rings is 1. The number of amides is 1. The highest BCUT2D eigenvalue weighted by molar-refractivity contribution is 8.00. The van der Waals surface area contributed by atoms with Gasteiger partial charge in [-0.25, -0.2) is 0 Å². The smallest absolute Gasteiger partial charge is 0.375 e. The van der Waals surface area contributed by atoms with Gasteiger partial charge in [-0.3, -0.25) is 4.79 Å². The minimum absolute atomic E-state index is 0. The van der Waals surface area contributed by atoms with Gasteiger partial charge in [0.25, 0.3) is 0 Å². The molecule has 1 amide bonds. The van der Waals surface area contributed by atoms with Gasteiger partial charge in [0.15, 0.2) is 0 Å². The van der Waals surface area contributed by atoms with Crippen molar-refractivity contribution >= 4 is 35.8 Å². The molecule has 0 radical (unpaired) electrons. The van der Waals surface area contributed by atoms with E-state index < -0.39 is 5.51 Å². The second-order valence-corrected chi connectivity index (χ2v) is 6.10. The SMILES string of the molecule is Cc1ccc(NC(=O)CC2CNCCO2)c(SC(F)(F)F)c1.Cl. The summed E-state index contributed by atoms with van der Waals surface area (Å²) < 4.78 is 43.2. The lowest BCUT2D eigenvalue weighted by atomic mass is 10.2. The summed E-state index contributed by atoms with van der Waals surface area (Å²) in [5, 5.41) is 5.64. The van der Waals surface area contributed by atoms with E-state index >= 15 is 0 Å². The zero-order valence-corrected chi connectivity index (χ0v) is 14.0. The number of ether oxygens (including phenoxy) is 1. The van der Waals surface area contributed by atoms with Gasteiger partial charge in [0.05, 0.1) is 24.8 Å². The zero-order valence-electron chi connectivity index (χ0n) is 12.4. The lowest BCUT2D eigenvalue weighted by Crippen LogP contribution is -2.40. The molecule has 1 fully saturated rings. The van der Waals surface area contributed by atoms with E-state index in [1.54, 1.807) is 13.0 Å². The number of anilines is 1. The van der Waals surface area contributed by atoms with Crippen LogP contribution in [0.2, 0.25) is 0 Å². The van der Waals surface area contributed by atoms with Crippen LogP contribution in [-0.2, 0) is 9.53 Å². The fourth-order valence-corrected chi connectivity index (χ4v) is 2.82. The van der Waals surface area contributed by atoms with Gasteiger partial charge in [0.1, 0.15) is 0 Å². The number of carbonyl (C=O) groups excluding carboxylic acids is 1. The highest BCUT2D eigenvalue weighted by atomic mass is 35.5. The third kappa shape index (κ3) is 6.99. The molecule has 1 atom stereocenters. The number of rotatable bonds is 4. The maximum atomic E-state index is 12.6. The normalized spacial score (nSPS) is 18.2. The molecule has 1 aromatic rings. The van der Waals surface area contributed by atoms with Gasteiger partial charge in [-0.15, -0.1) is 12.4 Å². The van der Waals surface area contributed by atoms with E-state index in [2.05, 4.69) is 10.6 Å². The number of nitrogens with one attached hydrogen (secondary N) is 2. The van der Waals surface area contributed by atoms with Crippen molar-refractivity contribution in [2.45, 2.75) is 29.9 Å². The lowest BCUT2D eigenvalue weighted by Gasteiger charge is -2.23. The molecule has 0 aromatic heterocycles. The lowest BCUT2D eigenvalue weighted by molar-refractivity contribution is -0.119. The van der Waals surface area contributed by atoms with Crippen LogP contribution in [0.4, 0.5) is 18.9 Å². The molecule has 9 heteroatoms. The molecule has 1 saturated heterocycles. The molecule has 0 spiro atoms. The first-order chi connectivity index (χ1) is 10.3. The summed E-state index contributed by atoms with van der Waals surface area (Å²) in [7, 11) is 0. The largest absolute Gasteiger partial charge is 0.446 e. The Morgan fingerprint density at radius 3 is 2.83 bits per heavy atom. The predicted octanol–water partition coefficient (Wildman–Crippen LogP) is 3.35. The number of aryl methyl sites for hydroxylation is 1. The first kappa shape index (κ1) is 20.1. The van der Waals surface area contributed by atoms with E-state index in [1.165, 1.54) is 12.1 Å². The standard InChI is InChI=1S/C14H17F3N2O2S.ClH/c1-9-2-3-11(12(6-9)22-14(15,16)17)19-13(20)7-10-8-18-4-5-21-10;/h2-3,6,10,18H,4-5,7-8H2,1H3,(H,19,20);1H. The van der Waals surface area contributed by atoms with E-state index in [1.807, 2.05) is 0 Å². The van der Waals surface area contributed by atoms with Gasteiger partial charge >= 0.3 is 5.51 Å². The van der Waals surface area contributed by atoms with E-state index in [-0.39, 0.29) is 53.2 Å². The Kier molecular flexibility index (Phi) is 7.66. The Balaban J connectivity index is 0.00000264. The van der Waals surface area contributed by atoms with Crippen molar-refractivity contribution in [3.63, 3.8) is 0 Å². The van der Waals surface area contributed by atoms with Crippen LogP contribution in [0.15, 0.2) is 23.1 Å². The number of halogens is 4. The monoisotopic (exact) mass is 370 g/mol. The molecular formula is C14H18ClF3N2O2S. The molecule has 0 aliphatic carbocycles. The van der Waals surface area contributed by atoms with Crippen LogP contribution in [0, 0.1) is 6.92 Å². The number of hydrogen-bond donors (Lipinski definition) is 2. The van der Waals surface area contributed by atoms with Crippen LogP contribution in [-0.4, -0.2) is 37.2 Å². The molecule has 130 valence electrons. The highest BCUT2D eigenvalue weighted by Gasteiger charge is 2.31. The highest BCUT2D eigenvalue weighted by Crippen LogP contribution is 2.40. The molecule has 1 aliphatic heterocycles. The summed E-state index contributed by atoms with van der Waals surface area (Å²) in [5.41, 5.74) is -3.53. The molecule has 0 saturated carbocycles. The van der Waals surface area contributed by atoms with Gasteiger partial charge < -0.3 is 15.4 Å². The molecule has 0 bridgehead atoms. The van der Waals surface area contributed by atoms with Crippen LogP contribution in [0.3, 0.4) is 0 Å². The third-order valence-corrected chi connectivity index (χ3v) is 3.84. The summed E-state index contributed by atoms with van der Waals surface area (Å²) in [6.07, 6.45) is -0.144. The summed E-state index contributed by atoms with van der Waals surface area (Å²) in [5.74, 6) is -0.360. The minimum Gasteiger partial charge on any atom is -0.375 e. The van der Waals surface area contributed by atoms with Crippen LogP contribution >= 0.6 is 24.2 Å². The first-order valence-corrected chi connectivity index (χ1v) is 7.64. The summed E-state index contributed by atoms with van der Waals surface area (Å²) in [4.78, 5) is 12.0. The Hall–Kier alpha value is -0.960. The predicted molar refractivity (Wildman–Crippen MR) is 86.2 cm³/mol. The average Bonchev–Trinajstić information content (AvgIpc) is 2.41. The topological polar surface area (TPSA) is 50.4 Å². The molecular weight excluding hydrogens is 353 g/mol. The van der Waals surface area contributed by atoms with Gasteiger partial charge in [0, 0.05) is 18.0 Å². The van der Waals surface area contributed by atoms with Crippen molar-refractivity contribution in [2.24, 2.45) is 0 Å². The summed E-state index contributed by atoms with van der Waals surface area (Å²) in [6.45, 7) is 3.53. The van der Waals surface area contributed by atoms with Crippen molar-refractivity contribution < 1.29 is 22.7 Å². The maximum Gasteiger partial charge on any atom is 0.446 e. The fourth-order valence-electron chi connectivity index (χ4n) is 2.10. The zero-order chi connectivity index (χ0) is 16.2. The van der Waals surface area contributed by atoms with Crippen molar-refractivity contribution in [1.82, 2.24) is 5.32 Å². The molecule has 1 aromatic carbocycles. The van der Waals surface area contributed by atoms with Gasteiger partial charge in [-0.1, -0.05) is 6.07 Å². The third-order valence-electron chi connectivity index (χ3n) is 3.05. The van der Waals surface area contributed by atoms with Crippen molar-refractivity contribution in [2.75, 3.05) is 25.0 Å². The van der Waals surface area contributed by atoms with E-state index in [0.717, 1.165) is 6.54 Å². The Bertz CT molecular complexity index is 537. The second-order valence-electron chi connectivity index (χ2n) is 5.00. The van der Waals surface area contributed by atoms with Crippen molar-refractivity contribution in [3.8, 4) is 0 Å². The quantitative estimate of drug-likeness (QED) is 0.798. The van der Waals surface area contributed by atoms with Crippen LogP contribution in [0.5, 0.6) is 0 Å². The summed E-state index contributed by atoms with van der Waals surface area (Å²) in [6, 6.07) is 4.56. The minimum atomic E-state index is -4.40.